The summed E-state index contributed by atoms with van der Waals surface area (Å²) in [5.41, 5.74) is 0.218. The Labute approximate surface area is 84.4 Å². The van der Waals surface area contributed by atoms with Crippen LogP contribution >= 0.6 is 0 Å². The Hall–Kier alpha value is -2.18. The molecule has 0 aliphatic rings. The third-order valence-electron chi connectivity index (χ3n) is 1.94. The SMILES string of the molecule is CN(C)C(=O)n1c(=O)[nH]c2ncncc21. The van der Waals surface area contributed by atoms with Crippen molar-refractivity contribution < 1.29 is 4.79 Å². The van der Waals surface area contributed by atoms with Crippen molar-refractivity contribution in [3.63, 3.8) is 0 Å². The number of aromatic nitrogens is 4. The number of carbonyl (C=O) groups excluding carboxylic acids is 1. The van der Waals surface area contributed by atoms with Crippen molar-refractivity contribution in [1.82, 2.24) is 24.4 Å². The van der Waals surface area contributed by atoms with Gasteiger partial charge >= 0.3 is 11.7 Å². The largest absolute Gasteiger partial charge is 0.336 e. The summed E-state index contributed by atoms with van der Waals surface area (Å²) < 4.78 is 0.995. The third-order valence-corrected chi connectivity index (χ3v) is 1.94. The summed E-state index contributed by atoms with van der Waals surface area (Å²) >= 11 is 0. The topological polar surface area (TPSA) is 83.9 Å². The van der Waals surface area contributed by atoms with Gasteiger partial charge in [-0.15, -0.1) is 0 Å². The van der Waals surface area contributed by atoms with E-state index < -0.39 is 11.7 Å². The molecule has 0 fully saturated rings. The van der Waals surface area contributed by atoms with Crippen LogP contribution in [-0.2, 0) is 0 Å². The van der Waals surface area contributed by atoms with Gasteiger partial charge in [-0.1, -0.05) is 0 Å². The number of hydrogen-bond donors (Lipinski definition) is 1. The zero-order valence-electron chi connectivity index (χ0n) is 8.26. The molecule has 0 saturated carbocycles. The second kappa shape index (κ2) is 3.19. The summed E-state index contributed by atoms with van der Waals surface area (Å²) in [6, 6.07) is -0.430. The van der Waals surface area contributed by atoms with Gasteiger partial charge in [-0.25, -0.2) is 24.1 Å². The molecule has 0 radical (unpaired) electrons. The molecule has 15 heavy (non-hydrogen) atoms. The van der Waals surface area contributed by atoms with Crippen LogP contribution in [0.4, 0.5) is 4.79 Å². The first-order valence-corrected chi connectivity index (χ1v) is 4.23. The summed E-state index contributed by atoms with van der Waals surface area (Å²) in [6.07, 6.45) is 2.73. The molecule has 0 bridgehead atoms. The fourth-order valence-corrected chi connectivity index (χ4v) is 1.24. The molecular formula is C8H9N5O2. The summed E-state index contributed by atoms with van der Waals surface area (Å²) in [6.45, 7) is 0. The fraction of sp³-hybridized carbons (Fsp3) is 0.250. The number of imidazole rings is 1. The lowest BCUT2D eigenvalue weighted by Gasteiger charge is -2.09. The number of hydrogen-bond acceptors (Lipinski definition) is 4. The van der Waals surface area contributed by atoms with Crippen molar-refractivity contribution in [2.24, 2.45) is 0 Å². The van der Waals surface area contributed by atoms with Gasteiger partial charge in [0.05, 0.1) is 6.20 Å². The van der Waals surface area contributed by atoms with Crippen LogP contribution in [0, 0.1) is 0 Å². The molecule has 0 aromatic carbocycles. The maximum absolute atomic E-state index is 11.7. The minimum absolute atomic E-state index is 0.352. The lowest BCUT2D eigenvalue weighted by Crippen LogP contribution is -2.33. The zero-order chi connectivity index (χ0) is 11.0. The summed E-state index contributed by atoms with van der Waals surface area (Å²) in [5.74, 6) is 0. The lowest BCUT2D eigenvalue weighted by molar-refractivity contribution is 0.219. The van der Waals surface area contributed by atoms with E-state index in [0.29, 0.717) is 11.2 Å². The van der Waals surface area contributed by atoms with E-state index in [-0.39, 0.29) is 0 Å². The quantitative estimate of drug-likeness (QED) is 0.639. The van der Waals surface area contributed by atoms with Gasteiger partial charge in [0, 0.05) is 14.1 Å². The first kappa shape index (κ1) is 9.38. The number of nitrogens with one attached hydrogen (secondary N) is 1. The summed E-state index contributed by atoms with van der Waals surface area (Å²) in [4.78, 5) is 34.5. The molecule has 1 amide bonds. The van der Waals surface area contributed by atoms with Gasteiger partial charge in [-0.05, 0) is 0 Å². The first-order chi connectivity index (χ1) is 7.11. The monoisotopic (exact) mass is 207 g/mol. The molecule has 0 atom stereocenters. The average Bonchev–Trinajstić information content (AvgIpc) is 2.52. The molecule has 0 aliphatic carbocycles. The van der Waals surface area contributed by atoms with Crippen LogP contribution in [0.15, 0.2) is 17.3 Å². The molecular weight excluding hydrogens is 198 g/mol. The van der Waals surface area contributed by atoms with Gasteiger partial charge in [0.1, 0.15) is 11.8 Å². The van der Waals surface area contributed by atoms with Gasteiger partial charge in [0.2, 0.25) is 0 Å². The number of aromatic amines is 1. The number of carbonyl (C=O) groups is 1. The molecule has 0 spiro atoms. The molecule has 2 heterocycles. The highest BCUT2D eigenvalue weighted by atomic mass is 16.2. The maximum atomic E-state index is 11.7. The maximum Gasteiger partial charge on any atom is 0.336 e. The Morgan fingerprint density at radius 3 is 2.93 bits per heavy atom. The third kappa shape index (κ3) is 1.37. The van der Waals surface area contributed by atoms with Gasteiger partial charge in [-0.3, -0.25) is 4.98 Å². The smallest absolute Gasteiger partial charge is 0.330 e. The minimum Gasteiger partial charge on any atom is -0.330 e. The molecule has 78 valence electrons. The average molecular weight is 207 g/mol. The van der Waals surface area contributed by atoms with Gasteiger partial charge in [0.25, 0.3) is 0 Å². The van der Waals surface area contributed by atoms with Crippen LogP contribution < -0.4 is 5.69 Å². The van der Waals surface area contributed by atoms with E-state index >= 15 is 0 Å². The number of H-pyrrole nitrogens is 1. The highest BCUT2D eigenvalue weighted by Crippen LogP contribution is 2.04. The first-order valence-electron chi connectivity index (χ1n) is 4.23. The molecule has 0 aliphatic heterocycles. The zero-order valence-corrected chi connectivity index (χ0v) is 8.26. The van der Waals surface area contributed by atoms with Crippen molar-refractivity contribution in [1.29, 1.82) is 0 Å². The Morgan fingerprint density at radius 1 is 1.53 bits per heavy atom. The summed E-state index contributed by atoms with van der Waals surface area (Å²) in [7, 11) is 3.13. The minimum atomic E-state index is -0.510. The second-order valence-electron chi connectivity index (χ2n) is 3.20. The predicted octanol–water partition coefficient (Wildman–Crippen LogP) is -0.351. The standard InChI is InChI=1S/C8H9N5O2/c1-12(2)8(15)13-5-3-9-4-10-6(5)11-7(13)14/h3-4H,1-2H3,(H,9,10,11,14). The van der Waals surface area contributed by atoms with Crippen LogP contribution in [0.3, 0.4) is 0 Å². The lowest BCUT2D eigenvalue weighted by atomic mass is 10.5. The van der Waals surface area contributed by atoms with E-state index in [4.69, 9.17) is 0 Å². The molecule has 2 aromatic rings. The Balaban J connectivity index is 2.75. The van der Waals surface area contributed by atoms with E-state index in [0.717, 1.165) is 4.57 Å². The number of amides is 1. The van der Waals surface area contributed by atoms with Crippen LogP contribution in [0.2, 0.25) is 0 Å². The van der Waals surface area contributed by atoms with Crippen LogP contribution in [0.5, 0.6) is 0 Å². The van der Waals surface area contributed by atoms with Crippen molar-refractivity contribution in [2.75, 3.05) is 14.1 Å². The summed E-state index contributed by atoms with van der Waals surface area (Å²) in [5, 5.41) is 0. The Morgan fingerprint density at radius 2 is 2.27 bits per heavy atom. The van der Waals surface area contributed by atoms with E-state index in [1.165, 1.54) is 17.4 Å². The number of fused-ring (bicyclic) bond motifs is 1. The van der Waals surface area contributed by atoms with Gasteiger partial charge < -0.3 is 4.90 Å². The highest BCUT2D eigenvalue weighted by Gasteiger charge is 2.15. The van der Waals surface area contributed by atoms with E-state index in [2.05, 4.69) is 15.0 Å². The fourth-order valence-electron chi connectivity index (χ4n) is 1.24. The molecule has 7 nitrogen and oxygen atoms in total. The van der Waals surface area contributed by atoms with Crippen molar-refractivity contribution >= 4 is 17.2 Å². The van der Waals surface area contributed by atoms with Gasteiger partial charge in [-0.2, -0.15) is 0 Å². The predicted molar refractivity (Wildman–Crippen MR) is 52.6 cm³/mol. The van der Waals surface area contributed by atoms with E-state index in [1.54, 1.807) is 14.1 Å². The van der Waals surface area contributed by atoms with Crippen molar-refractivity contribution in [3.8, 4) is 0 Å². The Bertz CT molecular complexity index is 568. The Kier molecular flexibility index (Phi) is 2.00. The van der Waals surface area contributed by atoms with E-state index in [9.17, 15) is 9.59 Å². The number of rotatable bonds is 0. The normalized spacial score (nSPS) is 10.5. The molecule has 7 heteroatoms. The van der Waals surface area contributed by atoms with Crippen LogP contribution in [0.25, 0.3) is 11.2 Å². The number of nitrogens with zero attached hydrogens (tertiary/aromatic N) is 4. The molecule has 2 aromatic heterocycles. The van der Waals surface area contributed by atoms with Gasteiger partial charge in [0.15, 0.2) is 5.65 Å². The molecule has 2 rings (SSSR count). The molecule has 0 unspecified atom stereocenters. The van der Waals surface area contributed by atoms with E-state index in [1.807, 2.05) is 0 Å². The molecule has 1 N–H and O–H groups in total. The highest BCUT2D eigenvalue weighted by molar-refractivity contribution is 5.86. The van der Waals surface area contributed by atoms with Crippen LogP contribution in [-0.4, -0.2) is 44.5 Å². The molecule has 0 saturated heterocycles. The van der Waals surface area contributed by atoms with Crippen molar-refractivity contribution in [2.45, 2.75) is 0 Å². The second-order valence-corrected chi connectivity index (χ2v) is 3.20. The van der Waals surface area contributed by atoms with Crippen LogP contribution in [0.1, 0.15) is 0 Å². The van der Waals surface area contributed by atoms with Crippen molar-refractivity contribution in [3.05, 3.63) is 23.0 Å².